The number of hydrogen-bond donors (Lipinski definition) is 1. The average molecular weight is 407 g/mol. The number of aromatic nitrogens is 2. The summed E-state index contributed by atoms with van der Waals surface area (Å²) < 4.78 is 0. The first-order chi connectivity index (χ1) is 14.2. The van der Waals surface area contributed by atoms with Crippen LogP contribution in [0.3, 0.4) is 0 Å². The monoisotopic (exact) mass is 406 g/mol. The molecule has 0 aliphatic carbocycles. The number of amides is 2. The maximum absolute atomic E-state index is 12.7. The Bertz CT molecular complexity index is 975. The van der Waals surface area contributed by atoms with Crippen molar-refractivity contribution in [1.29, 1.82) is 0 Å². The predicted octanol–water partition coefficient (Wildman–Crippen LogP) is 3.17. The third-order valence-corrected chi connectivity index (χ3v) is 5.94. The second-order valence-electron chi connectivity index (χ2n) is 6.94. The van der Waals surface area contributed by atoms with E-state index >= 15 is 0 Å². The number of benzene rings is 1. The molecule has 1 N–H and O–H groups in total. The summed E-state index contributed by atoms with van der Waals surface area (Å²) in [5.74, 6) is -0.208. The van der Waals surface area contributed by atoms with Crippen LogP contribution < -0.4 is 5.32 Å². The van der Waals surface area contributed by atoms with Crippen molar-refractivity contribution in [2.45, 2.75) is 25.3 Å². The number of carbonyl (C=O) groups is 2. The first-order valence-electron chi connectivity index (χ1n) is 9.71. The molecule has 0 bridgehead atoms. The molecule has 1 aliphatic heterocycles. The molecule has 0 unspecified atom stereocenters. The van der Waals surface area contributed by atoms with E-state index in [0.717, 1.165) is 22.7 Å². The number of nitrogens with one attached hydrogen (secondary N) is 1. The zero-order chi connectivity index (χ0) is 20.1. The van der Waals surface area contributed by atoms with Crippen LogP contribution in [0.2, 0.25) is 0 Å². The normalized spacial score (nSPS) is 16.0. The van der Waals surface area contributed by atoms with Gasteiger partial charge in [-0.1, -0.05) is 30.3 Å². The minimum atomic E-state index is -0.411. The van der Waals surface area contributed by atoms with Gasteiger partial charge in [0.1, 0.15) is 11.0 Å². The summed E-state index contributed by atoms with van der Waals surface area (Å²) in [7, 11) is 0. The number of pyridine rings is 1. The molecule has 3 heterocycles. The van der Waals surface area contributed by atoms with Crippen molar-refractivity contribution in [3.63, 3.8) is 0 Å². The fraction of sp³-hybridized carbons (Fsp3) is 0.273. The standard InChI is InChI=1S/C22H22N4O2S/c27-20(19-7-4-14-26(19)22(28)17-8-11-23-12-9-17)24-13-10-18-15-29-21(25-18)16-5-2-1-3-6-16/h1-3,5-6,8-9,11-12,15,19H,4,7,10,13-14H2,(H,24,27)/t19-/m1/s1. The van der Waals surface area contributed by atoms with Gasteiger partial charge in [0.05, 0.1) is 5.69 Å². The van der Waals surface area contributed by atoms with Gasteiger partial charge in [-0.05, 0) is 25.0 Å². The molecule has 1 saturated heterocycles. The lowest BCUT2D eigenvalue weighted by atomic mass is 10.1. The number of hydrogen-bond acceptors (Lipinski definition) is 5. The molecule has 1 fully saturated rings. The van der Waals surface area contributed by atoms with Crippen LogP contribution in [-0.2, 0) is 11.2 Å². The predicted molar refractivity (Wildman–Crippen MR) is 113 cm³/mol. The first-order valence-corrected chi connectivity index (χ1v) is 10.6. The highest BCUT2D eigenvalue weighted by Gasteiger charge is 2.34. The van der Waals surface area contributed by atoms with E-state index in [1.54, 1.807) is 40.8 Å². The van der Waals surface area contributed by atoms with Gasteiger partial charge in [-0.25, -0.2) is 4.98 Å². The van der Waals surface area contributed by atoms with Gasteiger partial charge >= 0.3 is 0 Å². The van der Waals surface area contributed by atoms with E-state index in [1.165, 1.54) is 0 Å². The van der Waals surface area contributed by atoms with E-state index in [-0.39, 0.29) is 11.8 Å². The lowest BCUT2D eigenvalue weighted by molar-refractivity contribution is -0.124. The average Bonchev–Trinajstić information content (AvgIpc) is 3.44. The zero-order valence-electron chi connectivity index (χ0n) is 16.0. The summed E-state index contributed by atoms with van der Waals surface area (Å²) in [6, 6.07) is 13.0. The van der Waals surface area contributed by atoms with Gasteiger partial charge in [-0.3, -0.25) is 14.6 Å². The maximum atomic E-state index is 12.7. The van der Waals surface area contributed by atoms with Gasteiger partial charge in [-0.2, -0.15) is 0 Å². The van der Waals surface area contributed by atoms with Gasteiger partial charge in [0.15, 0.2) is 0 Å². The molecule has 6 nitrogen and oxygen atoms in total. The fourth-order valence-corrected chi connectivity index (χ4v) is 4.37. The van der Waals surface area contributed by atoms with E-state index in [9.17, 15) is 9.59 Å². The van der Waals surface area contributed by atoms with Crippen LogP contribution in [0.25, 0.3) is 10.6 Å². The Labute approximate surface area is 173 Å². The number of nitrogens with zero attached hydrogens (tertiary/aromatic N) is 3. The molecule has 4 rings (SSSR count). The van der Waals surface area contributed by atoms with Gasteiger partial charge in [0.2, 0.25) is 5.91 Å². The Morgan fingerprint density at radius 3 is 2.72 bits per heavy atom. The molecule has 1 atom stereocenters. The van der Waals surface area contributed by atoms with Crippen LogP contribution in [0.5, 0.6) is 0 Å². The van der Waals surface area contributed by atoms with Crippen molar-refractivity contribution >= 4 is 23.2 Å². The first kappa shape index (κ1) is 19.3. The summed E-state index contributed by atoms with van der Waals surface area (Å²) in [6.07, 6.45) is 5.38. The summed E-state index contributed by atoms with van der Waals surface area (Å²) in [6.45, 7) is 1.11. The Morgan fingerprint density at radius 2 is 1.93 bits per heavy atom. The van der Waals surface area contributed by atoms with Crippen LogP contribution in [0, 0.1) is 0 Å². The third-order valence-electron chi connectivity index (χ3n) is 5.00. The van der Waals surface area contributed by atoms with Crippen molar-refractivity contribution in [3.8, 4) is 10.6 Å². The maximum Gasteiger partial charge on any atom is 0.254 e. The van der Waals surface area contributed by atoms with Crippen molar-refractivity contribution in [3.05, 3.63) is 71.5 Å². The van der Waals surface area contributed by atoms with Crippen LogP contribution in [0.1, 0.15) is 28.9 Å². The van der Waals surface area contributed by atoms with Gasteiger partial charge in [-0.15, -0.1) is 11.3 Å². The molecule has 0 radical (unpaired) electrons. The van der Waals surface area contributed by atoms with Gasteiger partial charge in [0.25, 0.3) is 5.91 Å². The largest absolute Gasteiger partial charge is 0.354 e. The number of rotatable bonds is 6. The van der Waals surface area contributed by atoms with Crippen LogP contribution in [0.4, 0.5) is 0 Å². The van der Waals surface area contributed by atoms with E-state index < -0.39 is 6.04 Å². The molecule has 1 aliphatic rings. The summed E-state index contributed by atoms with van der Waals surface area (Å²) >= 11 is 1.61. The molecule has 2 amide bonds. The molecule has 148 valence electrons. The quantitative estimate of drug-likeness (QED) is 0.682. The Hall–Kier alpha value is -3.06. The lowest BCUT2D eigenvalue weighted by Gasteiger charge is -2.24. The molecular weight excluding hydrogens is 384 g/mol. The van der Waals surface area contributed by atoms with Crippen LogP contribution in [0.15, 0.2) is 60.2 Å². The van der Waals surface area contributed by atoms with Crippen molar-refractivity contribution < 1.29 is 9.59 Å². The van der Waals surface area contributed by atoms with E-state index in [2.05, 4.69) is 15.3 Å². The molecule has 1 aromatic carbocycles. The Morgan fingerprint density at radius 1 is 1.14 bits per heavy atom. The Kier molecular flexibility index (Phi) is 5.95. The van der Waals surface area contributed by atoms with E-state index in [0.29, 0.717) is 31.5 Å². The van der Waals surface area contributed by atoms with Gasteiger partial charge in [0, 0.05) is 48.4 Å². The van der Waals surface area contributed by atoms with Crippen molar-refractivity contribution in [2.75, 3.05) is 13.1 Å². The zero-order valence-corrected chi connectivity index (χ0v) is 16.8. The third kappa shape index (κ3) is 4.51. The van der Waals surface area contributed by atoms with Crippen LogP contribution in [-0.4, -0.2) is 45.8 Å². The Balaban J connectivity index is 1.31. The SMILES string of the molecule is O=C(NCCc1csc(-c2ccccc2)n1)[C@H]1CCCN1C(=O)c1ccncc1. The van der Waals surface area contributed by atoms with E-state index in [4.69, 9.17) is 0 Å². The highest BCUT2D eigenvalue weighted by atomic mass is 32.1. The topological polar surface area (TPSA) is 75.2 Å². The van der Waals surface area contributed by atoms with Gasteiger partial charge < -0.3 is 10.2 Å². The highest BCUT2D eigenvalue weighted by molar-refractivity contribution is 7.13. The highest BCUT2D eigenvalue weighted by Crippen LogP contribution is 2.23. The molecule has 0 saturated carbocycles. The van der Waals surface area contributed by atoms with Crippen molar-refractivity contribution in [1.82, 2.24) is 20.2 Å². The van der Waals surface area contributed by atoms with Crippen molar-refractivity contribution in [2.24, 2.45) is 0 Å². The number of carbonyl (C=O) groups excluding carboxylic acids is 2. The molecule has 2 aromatic heterocycles. The fourth-order valence-electron chi connectivity index (χ4n) is 3.51. The minimum Gasteiger partial charge on any atom is -0.354 e. The smallest absolute Gasteiger partial charge is 0.254 e. The molecule has 7 heteroatoms. The summed E-state index contributed by atoms with van der Waals surface area (Å²) in [5, 5.41) is 5.99. The second-order valence-corrected chi connectivity index (χ2v) is 7.80. The molecular formula is C22H22N4O2S. The molecule has 3 aromatic rings. The lowest BCUT2D eigenvalue weighted by Crippen LogP contribution is -2.46. The number of thiazole rings is 1. The summed E-state index contributed by atoms with van der Waals surface area (Å²) in [4.78, 5) is 35.6. The summed E-state index contributed by atoms with van der Waals surface area (Å²) in [5.41, 5.74) is 2.63. The van der Waals surface area contributed by atoms with E-state index in [1.807, 2.05) is 35.7 Å². The number of likely N-dealkylation sites (tertiary alicyclic amines) is 1. The second kappa shape index (κ2) is 8.96. The van der Waals surface area contributed by atoms with Crippen LogP contribution >= 0.6 is 11.3 Å². The minimum absolute atomic E-state index is 0.0941. The molecule has 0 spiro atoms. The molecule has 29 heavy (non-hydrogen) atoms.